The second-order valence-electron chi connectivity index (χ2n) is 4.41. The summed E-state index contributed by atoms with van der Waals surface area (Å²) in [6.45, 7) is 0.619. The van der Waals surface area contributed by atoms with E-state index >= 15 is 0 Å². The van der Waals surface area contributed by atoms with Crippen molar-refractivity contribution in [3.8, 4) is 5.88 Å². The molecule has 0 amide bonds. The van der Waals surface area contributed by atoms with Gasteiger partial charge in [-0.2, -0.15) is 4.98 Å². The summed E-state index contributed by atoms with van der Waals surface area (Å²) in [6, 6.07) is 7.04. The van der Waals surface area contributed by atoms with Gasteiger partial charge >= 0.3 is 0 Å². The van der Waals surface area contributed by atoms with Crippen molar-refractivity contribution in [2.75, 3.05) is 17.7 Å². The van der Waals surface area contributed by atoms with Gasteiger partial charge in [-0.05, 0) is 24.3 Å². The Labute approximate surface area is 124 Å². The van der Waals surface area contributed by atoms with Gasteiger partial charge in [-0.1, -0.05) is 23.4 Å². The fraction of sp³-hybridized carbons (Fsp3) is 0.231. The smallest absolute Gasteiger partial charge is 0.282 e. The first-order valence-electron chi connectivity index (χ1n) is 6.04. The minimum absolute atomic E-state index is 0.179. The molecule has 0 fully saturated rings. The Morgan fingerprint density at radius 2 is 2.10 bits per heavy atom. The van der Waals surface area contributed by atoms with Crippen molar-refractivity contribution in [2.45, 2.75) is 11.7 Å². The van der Waals surface area contributed by atoms with E-state index in [1.807, 2.05) is 0 Å². The van der Waals surface area contributed by atoms with Gasteiger partial charge in [0.05, 0.1) is 0 Å². The van der Waals surface area contributed by atoms with E-state index in [4.69, 9.17) is 11.6 Å². The molecule has 2 heterocycles. The van der Waals surface area contributed by atoms with Gasteiger partial charge in [-0.15, -0.1) is 0 Å². The van der Waals surface area contributed by atoms with Crippen molar-refractivity contribution < 1.29 is 5.11 Å². The Morgan fingerprint density at radius 1 is 1.40 bits per heavy atom. The molecule has 0 bridgehead atoms. The van der Waals surface area contributed by atoms with Crippen molar-refractivity contribution in [1.82, 2.24) is 9.55 Å². The van der Waals surface area contributed by atoms with Crippen LogP contribution in [0.1, 0.15) is 0 Å². The summed E-state index contributed by atoms with van der Waals surface area (Å²) >= 11 is 7.32. The topological polar surface area (TPSA) is 58.4 Å². The highest BCUT2D eigenvalue weighted by Crippen LogP contribution is 2.31. The van der Waals surface area contributed by atoms with Crippen LogP contribution in [0.25, 0.3) is 0 Å². The number of aromatic hydroxyl groups is 1. The zero-order valence-electron chi connectivity index (χ0n) is 10.7. The van der Waals surface area contributed by atoms with E-state index in [1.165, 1.54) is 11.8 Å². The molecule has 7 heteroatoms. The van der Waals surface area contributed by atoms with Gasteiger partial charge in [0, 0.05) is 30.1 Å². The average Bonchev–Trinajstić information content (AvgIpc) is 2.87. The monoisotopic (exact) mass is 309 g/mol. The molecule has 0 spiro atoms. The molecule has 0 saturated carbocycles. The highest BCUT2D eigenvalue weighted by atomic mass is 35.5. The fourth-order valence-corrected chi connectivity index (χ4v) is 3.20. The van der Waals surface area contributed by atoms with Crippen LogP contribution in [0, 0.1) is 0 Å². The van der Waals surface area contributed by atoms with Gasteiger partial charge in [0.1, 0.15) is 0 Å². The fourth-order valence-electron chi connectivity index (χ4n) is 2.14. The summed E-state index contributed by atoms with van der Waals surface area (Å²) in [6.07, 6.45) is 0. The number of halogens is 1. The Morgan fingerprint density at radius 3 is 2.80 bits per heavy atom. The summed E-state index contributed by atoms with van der Waals surface area (Å²) in [4.78, 5) is 18.2. The Kier molecular flexibility index (Phi) is 3.35. The molecule has 1 N–H and O–H groups in total. The summed E-state index contributed by atoms with van der Waals surface area (Å²) < 4.78 is 1.59. The molecule has 0 unspecified atom stereocenters. The number of anilines is 2. The number of fused-ring (bicyclic) bond motifs is 1. The number of thioether (sulfide) groups is 1. The van der Waals surface area contributed by atoms with Gasteiger partial charge in [0.2, 0.25) is 5.88 Å². The lowest BCUT2D eigenvalue weighted by Gasteiger charge is -2.20. The Balaban J connectivity index is 2.10. The largest absolute Gasteiger partial charge is 0.492 e. The van der Waals surface area contributed by atoms with E-state index in [-0.39, 0.29) is 17.1 Å². The molecule has 1 aromatic heterocycles. The number of hydrogen-bond acceptors (Lipinski definition) is 5. The Hall–Kier alpha value is -1.66. The minimum Gasteiger partial charge on any atom is -0.492 e. The normalized spacial score (nSPS) is 13.3. The van der Waals surface area contributed by atoms with Gasteiger partial charge in [0.25, 0.3) is 5.56 Å². The van der Waals surface area contributed by atoms with Gasteiger partial charge in [-0.25, -0.2) is 0 Å². The van der Waals surface area contributed by atoms with Crippen LogP contribution in [0.4, 0.5) is 11.4 Å². The predicted molar refractivity (Wildman–Crippen MR) is 80.4 cm³/mol. The van der Waals surface area contributed by atoms with E-state index in [2.05, 4.69) is 4.98 Å². The van der Waals surface area contributed by atoms with Gasteiger partial charge in [-0.3, -0.25) is 9.36 Å². The zero-order chi connectivity index (χ0) is 14.3. The maximum Gasteiger partial charge on any atom is 0.282 e. The molecule has 104 valence electrons. The van der Waals surface area contributed by atoms with Crippen LogP contribution in [-0.4, -0.2) is 27.5 Å². The molecule has 5 nitrogen and oxygen atoms in total. The van der Waals surface area contributed by atoms with Crippen LogP contribution < -0.4 is 10.5 Å². The lowest BCUT2D eigenvalue weighted by molar-refractivity contribution is 0.438. The van der Waals surface area contributed by atoms with E-state index in [9.17, 15) is 9.90 Å². The summed E-state index contributed by atoms with van der Waals surface area (Å²) in [5.74, 6) is 0.559. The molecule has 2 aromatic rings. The van der Waals surface area contributed by atoms with Crippen LogP contribution in [0.3, 0.4) is 0 Å². The predicted octanol–water partition coefficient (Wildman–Crippen LogP) is 2.48. The second kappa shape index (κ2) is 5.03. The van der Waals surface area contributed by atoms with Crippen LogP contribution in [0.2, 0.25) is 5.02 Å². The first kappa shape index (κ1) is 13.3. The number of benzene rings is 1. The van der Waals surface area contributed by atoms with Gasteiger partial charge < -0.3 is 10.0 Å². The highest BCUT2D eigenvalue weighted by molar-refractivity contribution is 7.99. The maximum absolute atomic E-state index is 12.4. The first-order valence-corrected chi connectivity index (χ1v) is 7.40. The van der Waals surface area contributed by atoms with Crippen molar-refractivity contribution in [3.05, 3.63) is 39.6 Å². The van der Waals surface area contributed by atoms with Crippen LogP contribution in [0.5, 0.6) is 5.88 Å². The highest BCUT2D eigenvalue weighted by Gasteiger charge is 2.23. The molecular formula is C13H12ClN3O2S. The average molecular weight is 310 g/mol. The summed E-state index contributed by atoms with van der Waals surface area (Å²) in [5.41, 5.74) is 0.711. The summed E-state index contributed by atoms with van der Waals surface area (Å²) in [5, 5.41) is 11.2. The van der Waals surface area contributed by atoms with Crippen molar-refractivity contribution in [1.29, 1.82) is 0 Å². The number of hydrogen-bond donors (Lipinski definition) is 1. The molecule has 0 saturated heterocycles. The third-order valence-corrected chi connectivity index (χ3v) is 4.40. The molecule has 0 aliphatic carbocycles. The van der Waals surface area contributed by atoms with E-state index in [0.717, 1.165) is 11.4 Å². The number of nitrogens with zero attached hydrogens (tertiary/aromatic N) is 3. The molecule has 1 aliphatic rings. The van der Waals surface area contributed by atoms with Crippen molar-refractivity contribution in [3.63, 3.8) is 0 Å². The van der Waals surface area contributed by atoms with Crippen LogP contribution in [-0.2, 0) is 6.54 Å². The molecular weight excluding hydrogens is 298 g/mol. The molecule has 0 atom stereocenters. The summed E-state index contributed by atoms with van der Waals surface area (Å²) in [7, 11) is 1.72. The third kappa shape index (κ3) is 2.14. The Bertz CT molecular complexity index is 715. The molecule has 1 aromatic carbocycles. The van der Waals surface area contributed by atoms with Crippen LogP contribution >= 0.6 is 23.4 Å². The number of aromatic nitrogens is 2. The SMILES string of the molecule is CN(c1ccc(Cl)cc1)c1c(O)nc2n(c1=O)CCS2. The molecule has 20 heavy (non-hydrogen) atoms. The molecule has 3 rings (SSSR count). The quantitative estimate of drug-likeness (QED) is 0.864. The maximum atomic E-state index is 12.4. The third-order valence-electron chi connectivity index (χ3n) is 3.19. The van der Waals surface area contributed by atoms with E-state index in [0.29, 0.717) is 16.7 Å². The van der Waals surface area contributed by atoms with E-state index < -0.39 is 0 Å². The van der Waals surface area contributed by atoms with Crippen molar-refractivity contribution >= 4 is 34.7 Å². The van der Waals surface area contributed by atoms with Gasteiger partial charge in [0.15, 0.2) is 10.8 Å². The minimum atomic E-state index is -0.242. The first-order chi connectivity index (χ1) is 9.58. The van der Waals surface area contributed by atoms with Crippen molar-refractivity contribution in [2.24, 2.45) is 0 Å². The lowest BCUT2D eigenvalue weighted by atomic mass is 10.3. The second-order valence-corrected chi connectivity index (χ2v) is 5.91. The lowest BCUT2D eigenvalue weighted by Crippen LogP contribution is -2.27. The molecule has 0 radical (unpaired) electrons. The van der Waals surface area contributed by atoms with E-state index in [1.54, 1.807) is 40.8 Å². The molecule has 1 aliphatic heterocycles. The standard InChI is InChI=1S/C13H12ClN3O2S/c1-16(9-4-2-8(14)3-5-9)10-11(18)15-13-17(12(10)19)6-7-20-13/h2-5,18H,6-7H2,1H3. The number of rotatable bonds is 2. The van der Waals surface area contributed by atoms with Crippen LogP contribution in [0.15, 0.2) is 34.2 Å². The zero-order valence-corrected chi connectivity index (χ0v) is 12.3.